The van der Waals surface area contributed by atoms with E-state index in [1.165, 1.54) is 6.42 Å². The van der Waals surface area contributed by atoms with E-state index < -0.39 is 0 Å². The Balaban J connectivity index is 1.44. The smallest absolute Gasteiger partial charge is 0.128 e. The lowest BCUT2D eigenvalue weighted by molar-refractivity contribution is 0.425. The predicted molar refractivity (Wildman–Crippen MR) is 84.5 cm³/mol. The van der Waals surface area contributed by atoms with Crippen LogP contribution in [0.2, 0.25) is 0 Å². The van der Waals surface area contributed by atoms with Gasteiger partial charge >= 0.3 is 0 Å². The zero-order valence-electron chi connectivity index (χ0n) is 12.5. The lowest BCUT2D eigenvalue weighted by atomic mass is 10.1. The van der Waals surface area contributed by atoms with Crippen molar-refractivity contribution in [2.75, 3.05) is 18.0 Å². The number of aromatic nitrogens is 1. The number of pyridine rings is 1. The van der Waals surface area contributed by atoms with E-state index in [1.54, 1.807) is 6.26 Å². The Kier molecular flexibility index (Phi) is 4.55. The molecule has 0 amide bonds. The highest BCUT2D eigenvalue weighted by atomic mass is 16.3. The molecule has 2 aromatic rings. The molecular formula is C17H23N3O. The molecule has 0 saturated carbocycles. The van der Waals surface area contributed by atoms with Crippen molar-refractivity contribution in [2.45, 2.75) is 38.3 Å². The second kappa shape index (κ2) is 6.76. The van der Waals surface area contributed by atoms with Gasteiger partial charge in [-0.25, -0.2) is 4.98 Å². The maximum absolute atomic E-state index is 5.38. The van der Waals surface area contributed by atoms with Gasteiger partial charge in [0.25, 0.3) is 0 Å². The SMILES string of the molecule is C[C@H](CCc1ccco1)N[C@H]1CCN(c2ccccn2)C1. The van der Waals surface area contributed by atoms with E-state index in [2.05, 4.69) is 34.3 Å². The van der Waals surface area contributed by atoms with Crippen LogP contribution in [-0.4, -0.2) is 30.2 Å². The molecule has 0 unspecified atom stereocenters. The average molecular weight is 285 g/mol. The lowest BCUT2D eigenvalue weighted by Crippen LogP contribution is -2.38. The van der Waals surface area contributed by atoms with Crippen LogP contribution in [-0.2, 0) is 6.42 Å². The zero-order valence-corrected chi connectivity index (χ0v) is 12.5. The molecule has 21 heavy (non-hydrogen) atoms. The summed E-state index contributed by atoms with van der Waals surface area (Å²) in [6.07, 6.45) is 6.89. The minimum atomic E-state index is 0.504. The lowest BCUT2D eigenvalue weighted by Gasteiger charge is -2.20. The Labute approximate surface area is 126 Å². The van der Waals surface area contributed by atoms with Crippen molar-refractivity contribution in [3.63, 3.8) is 0 Å². The summed E-state index contributed by atoms with van der Waals surface area (Å²) in [6, 6.07) is 11.2. The molecule has 1 aliphatic rings. The fourth-order valence-corrected chi connectivity index (χ4v) is 2.94. The molecule has 4 heteroatoms. The first-order chi connectivity index (χ1) is 10.3. The number of anilines is 1. The molecule has 0 radical (unpaired) electrons. The van der Waals surface area contributed by atoms with Crippen molar-refractivity contribution in [3.05, 3.63) is 48.6 Å². The first-order valence-electron chi connectivity index (χ1n) is 7.75. The van der Waals surface area contributed by atoms with Gasteiger partial charge in [0.1, 0.15) is 11.6 Å². The third-order valence-corrected chi connectivity index (χ3v) is 4.09. The van der Waals surface area contributed by atoms with Gasteiger partial charge < -0.3 is 14.6 Å². The fraction of sp³-hybridized carbons (Fsp3) is 0.471. The number of hydrogen-bond acceptors (Lipinski definition) is 4. The summed E-state index contributed by atoms with van der Waals surface area (Å²) in [4.78, 5) is 6.79. The molecule has 2 aromatic heterocycles. The van der Waals surface area contributed by atoms with Gasteiger partial charge in [-0.3, -0.25) is 0 Å². The molecule has 3 heterocycles. The summed E-state index contributed by atoms with van der Waals surface area (Å²) in [5, 5.41) is 3.73. The molecule has 4 nitrogen and oxygen atoms in total. The third kappa shape index (κ3) is 3.85. The van der Waals surface area contributed by atoms with E-state index in [-0.39, 0.29) is 0 Å². The van der Waals surface area contributed by atoms with E-state index in [0.717, 1.165) is 37.5 Å². The zero-order chi connectivity index (χ0) is 14.5. The molecule has 1 N–H and O–H groups in total. The van der Waals surface area contributed by atoms with Gasteiger partial charge in [-0.15, -0.1) is 0 Å². The van der Waals surface area contributed by atoms with E-state index in [9.17, 15) is 0 Å². The second-order valence-corrected chi connectivity index (χ2v) is 5.81. The summed E-state index contributed by atoms with van der Waals surface area (Å²) in [5.74, 6) is 2.16. The second-order valence-electron chi connectivity index (χ2n) is 5.81. The van der Waals surface area contributed by atoms with Crippen LogP contribution in [0.4, 0.5) is 5.82 Å². The van der Waals surface area contributed by atoms with Crippen molar-refractivity contribution in [1.82, 2.24) is 10.3 Å². The number of aryl methyl sites for hydroxylation is 1. The average Bonchev–Trinajstić information content (AvgIpc) is 3.17. The Morgan fingerprint density at radius 2 is 2.33 bits per heavy atom. The van der Waals surface area contributed by atoms with Crippen LogP contribution < -0.4 is 10.2 Å². The molecule has 0 aliphatic carbocycles. The number of nitrogens with one attached hydrogen (secondary N) is 1. The van der Waals surface area contributed by atoms with Crippen molar-refractivity contribution < 1.29 is 4.42 Å². The molecule has 112 valence electrons. The standard InChI is InChI=1S/C17H23N3O/c1-14(7-8-16-5-4-12-21-16)19-15-9-11-20(13-15)17-6-2-3-10-18-17/h2-6,10,12,14-15,19H,7-9,11,13H2,1H3/t14-,15+/m1/s1. The summed E-state index contributed by atoms with van der Waals surface area (Å²) in [6.45, 7) is 4.38. The predicted octanol–water partition coefficient (Wildman–Crippen LogP) is 2.86. The number of rotatable bonds is 6. The highest BCUT2D eigenvalue weighted by molar-refractivity contribution is 5.39. The van der Waals surface area contributed by atoms with Gasteiger partial charge in [-0.1, -0.05) is 6.07 Å². The van der Waals surface area contributed by atoms with E-state index in [1.807, 2.05) is 24.4 Å². The molecule has 0 spiro atoms. The maximum atomic E-state index is 5.38. The van der Waals surface area contributed by atoms with Crippen LogP contribution >= 0.6 is 0 Å². The molecule has 1 aliphatic heterocycles. The molecule has 1 fully saturated rings. The molecule has 2 atom stereocenters. The van der Waals surface area contributed by atoms with Crippen molar-refractivity contribution >= 4 is 5.82 Å². The van der Waals surface area contributed by atoms with Gasteiger partial charge in [-0.2, -0.15) is 0 Å². The summed E-state index contributed by atoms with van der Waals surface area (Å²) in [5.41, 5.74) is 0. The van der Waals surface area contributed by atoms with Crippen molar-refractivity contribution in [1.29, 1.82) is 0 Å². The largest absolute Gasteiger partial charge is 0.469 e. The Morgan fingerprint density at radius 3 is 3.10 bits per heavy atom. The summed E-state index contributed by atoms with van der Waals surface area (Å²) >= 11 is 0. The van der Waals surface area contributed by atoms with Gasteiger partial charge in [-0.05, 0) is 44.0 Å². The highest BCUT2D eigenvalue weighted by Gasteiger charge is 2.24. The van der Waals surface area contributed by atoms with E-state index in [4.69, 9.17) is 4.42 Å². The topological polar surface area (TPSA) is 41.3 Å². The van der Waals surface area contributed by atoms with E-state index in [0.29, 0.717) is 12.1 Å². The maximum Gasteiger partial charge on any atom is 0.128 e. The molecule has 0 aromatic carbocycles. The molecular weight excluding hydrogens is 262 g/mol. The minimum absolute atomic E-state index is 0.504. The van der Waals surface area contributed by atoms with Gasteiger partial charge in [0, 0.05) is 37.8 Å². The normalized spacial score (nSPS) is 19.9. The molecule has 1 saturated heterocycles. The van der Waals surface area contributed by atoms with Crippen LogP contribution in [0.3, 0.4) is 0 Å². The van der Waals surface area contributed by atoms with Gasteiger partial charge in [0.15, 0.2) is 0 Å². The first-order valence-corrected chi connectivity index (χ1v) is 7.75. The summed E-state index contributed by atoms with van der Waals surface area (Å²) < 4.78 is 5.38. The van der Waals surface area contributed by atoms with Crippen LogP contribution in [0.1, 0.15) is 25.5 Å². The fourth-order valence-electron chi connectivity index (χ4n) is 2.94. The number of furan rings is 1. The van der Waals surface area contributed by atoms with Crippen LogP contribution in [0.15, 0.2) is 47.2 Å². The number of nitrogens with zero attached hydrogens (tertiary/aromatic N) is 2. The van der Waals surface area contributed by atoms with Crippen LogP contribution in [0, 0.1) is 0 Å². The highest BCUT2D eigenvalue weighted by Crippen LogP contribution is 2.18. The Hall–Kier alpha value is -1.81. The van der Waals surface area contributed by atoms with Crippen LogP contribution in [0.5, 0.6) is 0 Å². The van der Waals surface area contributed by atoms with Gasteiger partial charge in [0.2, 0.25) is 0 Å². The van der Waals surface area contributed by atoms with Gasteiger partial charge in [0.05, 0.1) is 6.26 Å². The Bertz CT molecular complexity index is 526. The molecule has 0 bridgehead atoms. The summed E-state index contributed by atoms with van der Waals surface area (Å²) in [7, 11) is 0. The quantitative estimate of drug-likeness (QED) is 0.886. The van der Waals surface area contributed by atoms with E-state index >= 15 is 0 Å². The third-order valence-electron chi connectivity index (χ3n) is 4.09. The Morgan fingerprint density at radius 1 is 1.38 bits per heavy atom. The molecule has 3 rings (SSSR count). The minimum Gasteiger partial charge on any atom is -0.469 e. The first kappa shape index (κ1) is 14.1. The monoisotopic (exact) mass is 285 g/mol. The van der Waals surface area contributed by atoms with Crippen molar-refractivity contribution in [3.8, 4) is 0 Å². The van der Waals surface area contributed by atoms with Crippen LogP contribution in [0.25, 0.3) is 0 Å². The number of hydrogen-bond donors (Lipinski definition) is 1. The van der Waals surface area contributed by atoms with Crippen molar-refractivity contribution in [2.24, 2.45) is 0 Å².